The fraction of sp³-hybridized carbons (Fsp3) is 0.200. The predicted molar refractivity (Wildman–Crippen MR) is 74.2 cm³/mol. The van der Waals surface area contributed by atoms with Gasteiger partial charge in [-0.1, -0.05) is 23.9 Å². The van der Waals surface area contributed by atoms with Crippen LogP contribution in [0.3, 0.4) is 0 Å². The summed E-state index contributed by atoms with van der Waals surface area (Å²) in [7, 11) is 0. The molecule has 2 rings (SSSR count). The molecule has 0 aromatic heterocycles. The van der Waals surface area contributed by atoms with Crippen LogP contribution in [0.2, 0.25) is 0 Å². The highest BCUT2D eigenvalue weighted by molar-refractivity contribution is 7.99. The molecule has 0 bridgehead atoms. The van der Waals surface area contributed by atoms with Crippen LogP contribution in [0, 0.1) is 17.5 Å². The third-order valence-electron chi connectivity index (χ3n) is 2.70. The van der Waals surface area contributed by atoms with Gasteiger partial charge < -0.3 is 5.73 Å². The lowest BCUT2D eigenvalue weighted by Crippen LogP contribution is -2.18. The van der Waals surface area contributed by atoms with E-state index in [1.807, 2.05) is 6.92 Å². The number of nitrogens with two attached hydrogens (primary N) is 1. The van der Waals surface area contributed by atoms with E-state index in [-0.39, 0.29) is 10.9 Å². The van der Waals surface area contributed by atoms with Gasteiger partial charge in [0.1, 0.15) is 17.5 Å². The van der Waals surface area contributed by atoms with Gasteiger partial charge in [0.2, 0.25) is 0 Å². The molecule has 0 aliphatic heterocycles. The first-order valence-corrected chi connectivity index (χ1v) is 6.95. The highest BCUT2D eigenvalue weighted by atomic mass is 32.2. The summed E-state index contributed by atoms with van der Waals surface area (Å²) in [5.74, 6) is -1.79. The van der Waals surface area contributed by atoms with Crippen LogP contribution in [-0.4, -0.2) is 6.04 Å². The molecule has 5 heteroatoms. The molecule has 0 saturated carbocycles. The van der Waals surface area contributed by atoms with Gasteiger partial charge in [0.25, 0.3) is 0 Å². The molecule has 106 valence electrons. The maximum atomic E-state index is 13.9. The lowest BCUT2D eigenvalue weighted by atomic mass is 10.1. The first-order valence-electron chi connectivity index (χ1n) is 6.13. The molecule has 2 aromatic rings. The van der Waals surface area contributed by atoms with Crippen LogP contribution in [0.1, 0.15) is 12.5 Å². The topological polar surface area (TPSA) is 26.0 Å². The van der Waals surface area contributed by atoms with Crippen molar-refractivity contribution in [3.8, 4) is 0 Å². The molecule has 0 fully saturated rings. The first kappa shape index (κ1) is 14.9. The summed E-state index contributed by atoms with van der Waals surface area (Å²) in [5.41, 5.74) is 6.45. The van der Waals surface area contributed by atoms with Gasteiger partial charge >= 0.3 is 0 Å². The van der Waals surface area contributed by atoms with Crippen molar-refractivity contribution >= 4 is 11.8 Å². The lowest BCUT2D eigenvalue weighted by Gasteiger charge is -2.12. The molecule has 2 N–H and O–H groups in total. The number of hydrogen-bond donors (Lipinski definition) is 1. The molecule has 0 spiro atoms. The predicted octanol–water partition coefficient (Wildman–Crippen LogP) is 4.14. The monoisotopic (exact) mass is 297 g/mol. The van der Waals surface area contributed by atoms with E-state index >= 15 is 0 Å². The van der Waals surface area contributed by atoms with Crippen LogP contribution >= 0.6 is 11.8 Å². The van der Waals surface area contributed by atoms with Crippen LogP contribution in [0.25, 0.3) is 0 Å². The Balaban J connectivity index is 2.37. The van der Waals surface area contributed by atoms with E-state index in [0.717, 1.165) is 23.9 Å². The van der Waals surface area contributed by atoms with Crippen molar-refractivity contribution in [2.75, 3.05) is 0 Å². The Labute approximate surface area is 120 Å². The highest BCUT2D eigenvalue weighted by Crippen LogP contribution is 2.34. The molecule has 2 aromatic carbocycles. The minimum absolute atomic E-state index is 0.130. The Hall–Kier alpha value is -1.46. The number of hydrogen-bond acceptors (Lipinski definition) is 2. The van der Waals surface area contributed by atoms with E-state index in [0.29, 0.717) is 16.9 Å². The van der Waals surface area contributed by atoms with Crippen molar-refractivity contribution in [1.29, 1.82) is 0 Å². The summed E-state index contributed by atoms with van der Waals surface area (Å²) in [4.78, 5) is 0.512. The average molecular weight is 297 g/mol. The minimum Gasteiger partial charge on any atom is -0.328 e. The SMILES string of the molecule is CC(N)Cc1cccc(F)c1Sc1ccc(F)cc1F. The summed E-state index contributed by atoms with van der Waals surface area (Å²) in [5, 5.41) is 0. The van der Waals surface area contributed by atoms with Gasteiger partial charge in [-0.3, -0.25) is 0 Å². The van der Waals surface area contributed by atoms with E-state index in [9.17, 15) is 13.2 Å². The molecule has 1 atom stereocenters. The Kier molecular flexibility index (Phi) is 4.73. The van der Waals surface area contributed by atoms with Crippen LogP contribution in [0.5, 0.6) is 0 Å². The molecule has 0 radical (unpaired) electrons. The summed E-state index contributed by atoms with van der Waals surface area (Å²) < 4.78 is 40.5. The van der Waals surface area contributed by atoms with Crippen molar-refractivity contribution in [3.63, 3.8) is 0 Å². The van der Waals surface area contributed by atoms with Gasteiger partial charge in [0, 0.05) is 17.0 Å². The Morgan fingerprint density at radius 2 is 1.85 bits per heavy atom. The van der Waals surface area contributed by atoms with Gasteiger partial charge in [-0.25, -0.2) is 13.2 Å². The zero-order valence-electron chi connectivity index (χ0n) is 10.9. The summed E-state index contributed by atoms with van der Waals surface area (Å²) >= 11 is 0.946. The van der Waals surface area contributed by atoms with E-state index in [2.05, 4.69) is 0 Å². The molecule has 0 amide bonds. The van der Waals surface area contributed by atoms with Crippen LogP contribution in [0.4, 0.5) is 13.2 Å². The molecule has 20 heavy (non-hydrogen) atoms. The molecular weight excluding hydrogens is 283 g/mol. The van der Waals surface area contributed by atoms with Gasteiger partial charge in [0.05, 0.1) is 4.90 Å². The third-order valence-corrected chi connectivity index (χ3v) is 3.91. The average Bonchev–Trinajstić information content (AvgIpc) is 2.35. The van der Waals surface area contributed by atoms with E-state index in [1.165, 1.54) is 12.1 Å². The third kappa shape index (κ3) is 3.55. The molecule has 0 aliphatic rings. The van der Waals surface area contributed by atoms with Crippen molar-refractivity contribution in [3.05, 3.63) is 59.4 Å². The van der Waals surface area contributed by atoms with Crippen LogP contribution in [0.15, 0.2) is 46.2 Å². The maximum absolute atomic E-state index is 13.9. The standard InChI is InChI=1S/C15H14F3NS/c1-9(19)7-10-3-2-4-12(17)15(10)20-14-6-5-11(16)8-13(14)18/h2-6,8-9H,7,19H2,1H3. The molecule has 1 nitrogen and oxygen atoms in total. The van der Waals surface area contributed by atoms with Crippen LogP contribution < -0.4 is 5.73 Å². The summed E-state index contributed by atoms with van der Waals surface area (Å²) in [6.45, 7) is 1.82. The maximum Gasteiger partial charge on any atom is 0.140 e. The lowest BCUT2D eigenvalue weighted by molar-refractivity contribution is 0.565. The summed E-state index contributed by atoms with van der Waals surface area (Å²) in [6, 6.07) is 7.78. The van der Waals surface area contributed by atoms with Gasteiger partial charge in [-0.2, -0.15) is 0 Å². The quantitative estimate of drug-likeness (QED) is 0.917. The Morgan fingerprint density at radius 1 is 1.10 bits per heavy atom. The van der Waals surface area contributed by atoms with Crippen molar-refractivity contribution in [2.45, 2.75) is 29.2 Å². The Bertz CT molecular complexity index is 614. The number of benzene rings is 2. The van der Waals surface area contributed by atoms with Gasteiger partial charge in [-0.05, 0) is 37.1 Å². The van der Waals surface area contributed by atoms with Gasteiger partial charge in [0.15, 0.2) is 0 Å². The zero-order valence-corrected chi connectivity index (χ0v) is 11.7. The van der Waals surface area contributed by atoms with Crippen molar-refractivity contribution in [1.82, 2.24) is 0 Å². The largest absolute Gasteiger partial charge is 0.328 e. The summed E-state index contributed by atoms with van der Waals surface area (Å²) in [6.07, 6.45) is 0.489. The fourth-order valence-corrected chi connectivity index (χ4v) is 2.80. The smallest absolute Gasteiger partial charge is 0.140 e. The van der Waals surface area contributed by atoms with E-state index in [1.54, 1.807) is 12.1 Å². The number of rotatable bonds is 4. The van der Waals surface area contributed by atoms with Crippen LogP contribution in [-0.2, 0) is 6.42 Å². The fourth-order valence-electron chi connectivity index (χ4n) is 1.84. The first-order chi connectivity index (χ1) is 9.47. The van der Waals surface area contributed by atoms with Crippen molar-refractivity contribution < 1.29 is 13.2 Å². The molecule has 1 unspecified atom stereocenters. The second-order valence-electron chi connectivity index (χ2n) is 4.59. The van der Waals surface area contributed by atoms with Crippen molar-refractivity contribution in [2.24, 2.45) is 5.73 Å². The molecule has 0 saturated heterocycles. The highest BCUT2D eigenvalue weighted by Gasteiger charge is 2.14. The van der Waals surface area contributed by atoms with E-state index in [4.69, 9.17) is 5.73 Å². The zero-order chi connectivity index (χ0) is 14.7. The second-order valence-corrected chi connectivity index (χ2v) is 5.64. The Morgan fingerprint density at radius 3 is 2.50 bits per heavy atom. The normalized spacial score (nSPS) is 12.4. The van der Waals surface area contributed by atoms with E-state index < -0.39 is 17.5 Å². The molecular formula is C15H14F3NS. The minimum atomic E-state index is -0.704. The number of halogens is 3. The van der Waals surface area contributed by atoms with Gasteiger partial charge in [-0.15, -0.1) is 0 Å². The molecule has 0 heterocycles. The second kappa shape index (κ2) is 6.33. The molecule has 0 aliphatic carbocycles.